The van der Waals surface area contributed by atoms with Crippen LogP contribution in [0.2, 0.25) is 0 Å². The second-order valence-electron chi connectivity index (χ2n) is 12.9. The predicted molar refractivity (Wildman–Crippen MR) is 129 cm³/mol. The first-order valence-electron chi connectivity index (χ1n) is 13.2. The first-order valence-corrected chi connectivity index (χ1v) is 13.2. The summed E-state index contributed by atoms with van der Waals surface area (Å²) in [5, 5.41) is 59.3. The Morgan fingerprint density at radius 1 is 1.03 bits per heavy atom. The normalized spacial score (nSPS) is 52.3. The van der Waals surface area contributed by atoms with Gasteiger partial charge in [-0.1, -0.05) is 18.6 Å². The zero-order valence-electron chi connectivity index (χ0n) is 21.9. The van der Waals surface area contributed by atoms with Gasteiger partial charge < -0.3 is 30.3 Å². The van der Waals surface area contributed by atoms with Crippen molar-refractivity contribution in [2.24, 2.45) is 22.7 Å². The van der Waals surface area contributed by atoms with E-state index in [4.69, 9.17) is 4.74 Å². The molecule has 0 unspecified atom stereocenters. The molecule has 3 saturated carbocycles. The molecule has 8 nitrogen and oxygen atoms in total. The SMILES string of the molecule is CC1=C(C)C(=O)O[C@@H]([C@](C)(O)[C@]2(O)CC[C@@]3(O)[C@@H]4C[C@@H](O)[C@@]5(O)CC=CC(=O)[C@]5(C)[C@H]4CC[C@]23C)C1. The number of aliphatic hydroxyl groups excluding tert-OH is 1. The lowest BCUT2D eigenvalue weighted by Gasteiger charge is -2.66. The summed E-state index contributed by atoms with van der Waals surface area (Å²) >= 11 is 0. The van der Waals surface area contributed by atoms with E-state index < -0.39 is 63.2 Å². The summed E-state index contributed by atoms with van der Waals surface area (Å²) < 4.78 is 5.59. The molecule has 0 radical (unpaired) electrons. The van der Waals surface area contributed by atoms with Gasteiger partial charge in [-0.05, 0) is 84.1 Å². The smallest absolute Gasteiger partial charge is 0.334 e. The van der Waals surface area contributed by atoms with Crippen LogP contribution in [0.4, 0.5) is 0 Å². The van der Waals surface area contributed by atoms with E-state index in [-0.39, 0.29) is 37.9 Å². The Kier molecular flexibility index (Phi) is 5.43. The Morgan fingerprint density at radius 3 is 2.33 bits per heavy atom. The van der Waals surface area contributed by atoms with Crippen LogP contribution in [-0.4, -0.2) is 71.9 Å². The number of rotatable bonds is 2. The lowest BCUT2D eigenvalue weighted by molar-refractivity contribution is -0.301. The van der Waals surface area contributed by atoms with Crippen LogP contribution in [0.25, 0.3) is 0 Å². The third-order valence-corrected chi connectivity index (χ3v) is 11.8. The molecule has 0 aromatic heterocycles. The van der Waals surface area contributed by atoms with Crippen molar-refractivity contribution < 1.29 is 39.9 Å². The van der Waals surface area contributed by atoms with Gasteiger partial charge in [0, 0.05) is 17.4 Å². The highest BCUT2D eigenvalue weighted by molar-refractivity contribution is 5.97. The van der Waals surface area contributed by atoms with E-state index >= 15 is 0 Å². The molecule has 4 aliphatic carbocycles. The molecule has 200 valence electrons. The molecule has 10 atom stereocenters. The molecule has 5 rings (SSSR count). The molecule has 0 saturated heterocycles. The Labute approximate surface area is 212 Å². The first kappa shape index (κ1) is 26.0. The topological polar surface area (TPSA) is 145 Å². The molecular weight excluding hydrogens is 464 g/mol. The molecule has 0 aromatic carbocycles. The molecule has 36 heavy (non-hydrogen) atoms. The average molecular weight is 505 g/mol. The summed E-state index contributed by atoms with van der Waals surface area (Å²) in [6, 6.07) is 0. The Hall–Kier alpha value is -1.58. The molecule has 5 N–H and O–H groups in total. The highest BCUT2D eigenvalue weighted by atomic mass is 16.6. The molecule has 0 aromatic rings. The third-order valence-electron chi connectivity index (χ3n) is 11.8. The van der Waals surface area contributed by atoms with Crippen LogP contribution in [0.15, 0.2) is 23.3 Å². The second kappa shape index (κ2) is 7.50. The highest BCUT2D eigenvalue weighted by Crippen LogP contribution is 2.71. The van der Waals surface area contributed by atoms with E-state index in [9.17, 15) is 35.1 Å². The van der Waals surface area contributed by atoms with E-state index in [0.717, 1.165) is 5.57 Å². The fourth-order valence-electron chi connectivity index (χ4n) is 8.95. The van der Waals surface area contributed by atoms with Gasteiger partial charge in [0.1, 0.15) is 22.9 Å². The molecule has 0 spiro atoms. The van der Waals surface area contributed by atoms with Gasteiger partial charge >= 0.3 is 5.97 Å². The van der Waals surface area contributed by atoms with Crippen LogP contribution in [0.3, 0.4) is 0 Å². The van der Waals surface area contributed by atoms with E-state index in [1.165, 1.54) is 13.0 Å². The van der Waals surface area contributed by atoms with Crippen LogP contribution in [0.5, 0.6) is 0 Å². The number of hydrogen-bond acceptors (Lipinski definition) is 8. The molecule has 3 fully saturated rings. The highest BCUT2D eigenvalue weighted by Gasteiger charge is 2.78. The van der Waals surface area contributed by atoms with Crippen molar-refractivity contribution in [1.82, 2.24) is 0 Å². The predicted octanol–water partition coefficient (Wildman–Crippen LogP) is 1.71. The third kappa shape index (κ3) is 2.72. The van der Waals surface area contributed by atoms with Crippen molar-refractivity contribution in [3.63, 3.8) is 0 Å². The zero-order chi connectivity index (χ0) is 26.7. The monoisotopic (exact) mass is 504 g/mol. The maximum Gasteiger partial charge on any atom is 0.334 e. The number of aliphatic hydroxyl groups is 5. The minimum Gasteiger partial charge on any atom is -0.455 e. The summed E-state index contributed by atoms with van der Waals surface area (Å²) in [5.41, 5.74) is -8.00. The van der Waals surface area contributed by atoms with Crippen molar-refractivity contribution in [2.45, 2.75) is 114 Å². The molecule has 0 amide bonds. The molecule has 8 heteroatoms. The van der Waals surface area contributed by atoms with E-state index in [1.54, 1.807) is 26.8 Å². The quantitative estimate of drug-likeness (QED) is 0.358. The Morgan fingerprint density at radius 2 is 1.69 bits per heavy atom. The van der Waals surface area contributed by atoms with Crippen LogP contribution in [0, 0.1) is 22.7 Å². The molecule has 0 bridgehead atoms. The van der Waals surface area contributed by atoms with E-state index in [1.807, 2.05) is 6.92 Å². The van der Waals surface area contributed by atoms with Gasteiger partial charge in [-0.15, -0.1) is 0 Å². The minimum absolute atomic E-state index is 0.0664. The molecule has 5 aliphatic rings. The summed E-state index contributed by atoms with van der Waals surface area (Å²) in [7, 11) is 0. The lowest BCUT2D eigenvalue weighted by Crippen LogP contribution is -2.75. The lowest BCUT2D eigenvalue weighted by atomic mass is 9.41. The summed E-state index contributed by atoms with van der Waals surface area (Å²) in [6.45, 7) is 8.42. The number of carbonyl (C=O) groups excluding carboxylic acids is 2. The maximum absolute atomic E-state index is 13.2. The van der Waals surface area contributed by atoms with E-state index in [2.05, 4.69) is 0 Å². The fraction of sp³-hybridized carbons (Fsp3) is 0.786. The van der Waals surface area contributed by atoms with Crippen LogP contribution >= 0.6 is 0 Å². The van der Waals surface area contributed by atoms with Crippen molar-refractivity contribution in [3.8, 4) is 0 Å². The summed E-state index contributed by atoms with van der Waals surface area (Å²) in [4.78, 5) is 25.7. The van der Waals surface area contributed by atoms with Gasteiger partial charge in [0.2, 0.25) is 0 Å². The first-order chi connectivity index (χ1) is 16.5. The minimum atomic E-state index is -1.86. The standard InChI is InChI=1S/C28H40O8/c1-15-13-21(36-22(31)16(15)2)25(5,32)28(35)12-11-26(33)18-14-20(30)27(34)9-6-7-19(29)24(27,4)17(18)8-10-23(26,28)3/h6-7,17-18,20-21,30,32-35H,8-14H2,1-5H3/t17-,18+,20+,21+,23-,24-,25-,26+,27-,28-/m0/s1. The van der Waals surface area contributed by atoms with Crippen molar-refractivity contribution in [3.05, 3.63) is 23.3 Å². The molecule has 1 aliphatic heterocycles. The fourth-order valence-corrected chi connectivity index (χ4v) is 8.95. The number of ketones is 1. The second-order valence-corrected chi connectivity index (χ2v) is 12.9. The Balaban J connectivity index is 1.55. The van der Waals surface area contributed by atoms with Crippen molar-refractivity contribution in [2.75, 3.05) is 0 Å². The summed E-state index contributed by atoms with van der Waals surface area (Å²) in [6.07, 6.45) is 2.31. The van der Waals surface area contributed by atoms with Gasteiger partial charge in [-0.2, -0.15) is 0 Å². The van der Waals surface area contributed by atoms with Gasteiger partial charge in [0.25, 0.3) is 0 Å². The molecular formula is C28H40O8. The molecule has 1 heterocycles. The van der Waals surface area contributed by atoms with Gasteiger partial charge in [0.15, 0.2) is 5.78 Å². The number of cyclic esters (lactones) is 1. The van der Waals surface area contributed by atoms with Crippen LogP contribution < -0.4 is 0 Å². The van der Waals surface area contributed by atoms with Crippen molar-refractivity contribution in [1.29, 1.82) is 0 Å². The van der Waals surface area contributed by atoms with Crippen LogP contribution in [0.1, 0.15) is 79.6 Å². The van der Waals surface area contributed by atoms with Gasteiger partial charge in [-0.25, -0.2) is 4.79 Å². The van der Waals surface area contributed by atoms with Crippen LogP contribution in [-0.2, 0) is 14.3 Å². The zero-order valence-corrected chi connectivity index (χ0v) is 21.9. The van der Waals surface area contributed by atoms with Gasteiger partial charge in [-0.3, -0.25) is 4.79 Å². The van der Waals surface area contributed by atoms with Gasteiger partial charge in [0.05, 0.1) is 17.1 Å². The average Bonchev–Trinajstić information content (AvgIpc) is 3.03. The number of esters is 1. The van der Waals surface area contributed by atoms with Crippen molar-refractivity contribution >= 4 is 11.8 Å². The number of fused-ring (bicyclic) bond motifs is 5. The number of ether oxygens (including phenoxy) is 1. The number of allylic oxidation sites excluding steroid dienone is 1. The summed E-state index contributed by atoms with van der Waals surface area (Å²) in [5.74, 6) is -1.77. The Bertz CT molecular complexity index is 1080. The number of carbonyl (C=O) groups is 2. The largest absolute Gasteiger partial charge is 0.455 e. The maximum atomic E-state index is 13.2. The number of hydrogen-bond donors (Lipinski definition) is 5. The van der Waals surface area contributed by atoms with E-state index in [0.29, 0.717) is 18.4 Å².